The second-order valence-electron chi connectivity index (χ2n) is 8.53. The normalized spacial score (nSPS) is 15.5. The lowest BCUT2D eigenvalue weighted by Crippen LogP contribution is -2.38. The van der Waals surface area contributed by atoms with Crippen molar-refractivity contribution in [3.63, 3.8) is 0 Å². The molecule has 1 aliphatic carbocycles. The van der Waals surface area contributed by atoms with E-state index >= 15 is 0 Å². The van der Waals surface area contributed by atoms with Gasteiger partial charge in [0.2, 0.25) is 0 Å². The summed E-state index contributed by atoms with van der Waals surface area (Å²) in [5, 5.41) is 6.10. The highest BCUT2D eigenvalue weighted by Gasteiger charge is 2.34. The second kappa shape index (κ2) is 9.40. The molecule has 1 atom stereocenters. The van der Waals surface area contributed by atoms with Crippen molar-refractivity contribution in [1.82, 2.24) is 15.2 Å². The summed E-state index contributed by atoms with van der Waals surface area (Å²) in [7, 11) is 0. The summed E-state index contributed by atoms with van der Waals surface area (Å²) in [4.78, 5) is 24.5. The molecule has 0 bridgehead atoms. The lowest BCUT2D eigenvalue weighted by atomic mass is 10.0. The van der Waals surface area contributed by atoms with E-state index in [1.165, 1.54) is 0 Å². The molecule has 2 heterocycles. The smallest absolute Gasteiger partial charge is 0.315 e. The molecule has 0 spiro atoms. The Labute approximate surface area is 192 Å². The van der Waals surface area contributed by atoms with Gasteiger partial charge >= 0.3 is 6.03 Å². The molecular formula is C26H27N3O4. The van der Waals surface area contributed by atoms with E-state index in [2.05, 4.69) is 10.6 Å². The third-order valence-electron chi connectivity index (χ3n) is 6.03. The molecule has 33 heavy (non-hydrogen) atoms. The molecule has 2 aromatic carbocycles. The summed E-state index contributed by atoms with van der Waals surface area (Å²) in [5.41, 5.74) is 3.04. The molecule has 2 aliphatic rings. The van der Waals surface area contributed by atoms with E-state index in [1.54, 1.807) is 22.9 Å². The van der Waals surface area contributed by atoms with Crippen molar-refractivity contribution < 1.29 is 14.3 Å². The fourth-order valence-electron chi connectivity index (χ4n) is 4.08. The molecule has 1 unspecified atom stereocenters. The predicted molar refractivity (Wildman–Crippen MR) is 125 cm³/mol. The highest BCUT2D eigenvalue weighted by molar-refractivity contribution is 5.74. The van der Waals surface area contributed by atoms with Gasteiger partial charge in [0.05, 0.1) is 12.6 Å². The Morgan fingerprint density at radius 1 is 0.970 bits per heavy atom. The van der Waals surface area contributed by atoms with Crippen LogP contribution in [0.3, 0.4) is 0 Å². The number of amides is 2. The minimum Gasteiger partial charge on any atom is -0.486 e. The molecule has 1 aliphatic heterocycles. The van der Waals surface area contributed by atoms with Gasteiger partial charge in [0, 0.05) is 18.8 Å². The number of carbonyl (C=O) groups is 1. The fourth-order valence-corrected chi connectivity index (χ4v) is 4.08. The van der Waals surface area contributed by atoms with Crippen molar-refractivity contribution in [2.45, 2.75) is 32.0 Å². The number of benzene rings is 2. The number of aromatic nitrogens is 1. The number of pyridine rings is 1. The summed E-state index contributed by atoms with van der Waals surface area (Å²) in [6, 6.07) is 18.7. The van der Waals surface area contributed by atoms with Crippen molar-refractivity contribution in [3.05, 3.63) is 93.9 Å². The van der Waals surface area contributed by atoms with Crippen LogP contribution in [0, 0.1) is 5.92 Å². The number of hydrogen-bond donors (Lipinski definition) is 2. The number of nitrogens with one attached hydrogen (secondary N) is 2. The Hall–Kier alpha value is -3.74. The van der Waals surface area contributed by atoms with Crippen LogP contribution in [0.4, 0.5) is 4.79 Å². The maximum Gasteiger partial charge on any atom is 0.315 e. The van der Waals surface area contributed by atoms with Crippen LogP contribution in [0.2, 0.25) is 0 Å². The van der Waals surface area contributed by atoms with E-state index < -0.39 is 0 Å². The van der Waals surface area contributed by atoms with Crippen molar-refractivity contribution >= 4 is 6.03 Å². The average molecular weight is 446 g/mol. The minimum atomic E-state index is -0.193. The van der Waals surface area contributed by atoms with Crippen LogP contribution < -0.4 is 25.7 Å². The quantitative estimate of drug-likeness (QED) is 0.582. The summed E-state index contributed by atoms with van der Waals surface area (Å²) < 4.78 is 13.0. The first-order chi connectivity index (χ1) is 16.2. The Morgan fingerprint density at radius 2 is 1.73 bits per heavy atom. The molecule has 2 N–H and O–H groups in total. The molecular weight excluding hydrogens is 418 g/mol. The number of carbonyl (C=O) groups excluding carboxylic acids is 1. The van der Waals surface area contributed by atoms with Gasteiger partial charge < -0.3 is 24.7 Å². The van der Waals surface area contributed by atoms with Crippen LogP contribution in [0.15, 0.2) is 71.7 Å². The van der Waals surface area contributed by atoms with Crippen LogP contribution in [-0.4, -0.2) is 23.8 Å². The average Bonchev–Trinajstić information content (AvgIpc) is 3.69. The first kappa shape index (κ1) is 21.1. The molecule has 5 rings (SSSR count). The number of fused-ring (bicyclic) bond motifs is 1. The second-order valence-corrected chi connectivity index (χ2v) is 8.53. The van der Waals surface area contributed by atoms with Gasteiger partial charge in [-0.2, -0.15) is 0 Å². The largest absolute Gasteiger partial charge is 0.486 e. The molecule has 2 amide bonds. The fraction of sp³-hybridized carbons (Fsp3) is 0.308. The highest BCUT2D eigenvalue weighted by Crippen LogP contribution is 2.43. The zero-order valence-electron chi connectivity index (χ0n) is 18.3. The summed E-state index contributed by atoms with van der Waals surface area (Å²) in [6.45, 7) is 2.05. The van der Waals surface area contributed by atoms with Gasteiger partial charge in [-0.25, -0.2) is 4.79 Å². The highest BCUT2D eigenvalue weighted by atomic mass is 16.6. The van der Waals surface area contributed by atoms with Crippen molar-refractivity contribution in [3.8, 4) is 11.5 Å². The molecule has 1 aromatic heterocycles. The molecule has 7 nitrogen and oxygen atoms in total. The molecule has 170 valence electrons. The van der Waals surface area contributed by atoms with Crippen LogP contribution in [-0.2, 0) is 13.1 Å². The van der Waals surface area contributed by atoms with E-state index in [0.717, 1.165) is 41.0 Å². The molecule has 7 heteroatoms. The van der Waals surface area contributed by atoms with Crippen molar-refractivity contribution in [1.29, 1.82) is 0 Å². The Bertz CT molecular complexity index is 1180. The van der Waals surface area contributed by atoms with Gasteiger partial charge in [0.1, 0.15) is 13.2 Å². The topological polar surface area (TPSA) is 81.6 Å². The van der Waals surface area contributed by atoms with E-state index in [-0.39, 0.29) is 17.6 Å². The summed E-state index contributed by atoms with van der Waals surface area (Å²) >= 11 is 0. The molecule has 1 saturated carbocycles. The van der Waals surface area contributed by atoms with Gasteiger partial charge in [0.15, 0.2) is 11.5 Å². The summed E-state index contributed by atoms with van der Waals surface area (Å²) in [6.07, 6.45) is 3.98. The minimum absolute atomic E-state index is 0.0249. The van der Waals surface area contributed by atoms with E-state index in [1.807, 2.05) is 48.5 Å². The number of rotatable bonds is 7. The lowest BCUT2D eigenvalue weighted by molar-refractivity contribution is 0.171. The predicted octanol–water partition coefficient (Wildman–Crippen LogP) is 3.62. The van der Waals surface area contributed by atoms with Gasteiger partial charge in [-0.05, 0) is 53.6 Å². The number of hydrogen-bond acceptors (Lipinski definition) is 4. The molecule has 3 aromatic rings. The molecule has 1 fully saturated rings. The van der Waals surface area contributed by atoms with Crippen molar-refractivity contribution in [2.24, 2.45) is 5.92 Å². The Morgan fingerprint density at radius 3 is 2.48 bits per heavy atom. The zero-order chi connectivity index (χ0) is 22.6. The number of nitrogens with zero attached hydrogens (tertiary/aromatic N) is 1. The number of urea groups is 1. The summed E-state index contributed by atoms with van der Waals surface area (Å²) in [5.74, 6) is 1.94. The monoisotopic (exact) mass is 445 g/mol. The maximum absolute atomic E-state index is 12.7. The van der Waals surface area contributed by atoms with Gasteiger partial charge in [0.25, 0.3) is 5.56 Å². The van der Waals surface area contributed by atoms with E-state index in [4.69, 9.17) is 9.47 Å². The first-order valence-corrected chi connectivity index (χ1v) is 11.3. The van der Waals surface area contributed by atoms with Gasteiger partial charge in [-0.1, -0.05) is 36.4 Å². The zero-order valence-corrected chi connectivity index (χ0v) is 18.3. The van der Waals surface area contributed by atoms with Crippen molar-refractivity contribution in [2.75, 3.05) is 13.2 Å². The van der Waals surface area contributed by atoms with E-state index in [9.17, 15) is 9.59 Å². The Balaban J connectivity index is 1.17. The standard InChI is InChI=1S/C26H27N3O4/c30-24-3-1-2-12-29(24)17-19-6-4-18(5-7-19)16-27-26(31)28-25(20-8-9-20)21-10-11-22-23(15-21)33-14-13-32-22/h1-7,10-12,15,20,25H,8-9,13-14,16-17H2,(H2,27,28,31). The molecule has 0 radical (unpaired) electrons. The third kappa shape index (κ3) is 5.19. The van der Waals surface area contributed by atoms with E-state index in [0.29, 0.717) is 32.2 Å². The van der Waals surface area contributed by atoms with Gasteiger partial charge in [-0.3, -0.25) is 4.79 Å². The van der Waals surface area contributed by atoms with Crippen LogP contribution in [0.1, 0.15) is 35.6 Å². The van der Waals surface area contributed by atoms with Crippen LogP contribution >= 0.6 is 0 Å². The van der Waals surface area contributed by atoms with Gasteiger partial charge in [-0.15, -0.1) is 0 Å². The number of ether oxygens (including phenoxy) is 2. The third-order valence-corrected chi connectivity index (χ3v) is 6.03. The first-order valence-electron chi connectivity index (χ1n) is 11.3. The molecule has 0 saturated heterocycles. The SMILES string of the molecule is O=C(NCc1ccc(Cn2ccccc2=O)cc1)NC(c1ccc2c(c1)OCCO2)C1CC1. The van der Waals surface area contributed by atoms with Crippen LogP contribution in [0.25, 0.3) is 0 Å². The maximum atomic E-state index is 12.7. The van der Waals surface area contributed by atoms with Crippen LogP contribution in [0.5, 0.6) is 11.5 Å². The Kier molecular flexibility index (Phi) is 6.02. The lowest BCUT2D eigenvalue weighted by Gasteiger charge is -2.23.